The summed E-state index contributed by atoms with van der Waals surface area (Å²) in [4.78, 5) is 14.8. The zero-order valence-corrected chi connectivity index (χ0v) is 19.2. The molecule has 1 aliphatic rings. The molecule has 0 saturated heterocycles. The second-order valence-electron chi connectivity index (χ2n) is 7.13. The van der Waals surface area contributed by atoms with Crippen molar-refractivity contribution in [2.24, 2.45) is 0 Å². The first kappa shape index (κ1) is 22.6. The number of carbonyl (C=O) groups excluding carboxylic acids is 1. The lowest BCUT2D eigenvalue weighted by molar-refractivity contribution is -0.127. The molecule has 2 aromatic carbocycles. The first-order valence-corrected chi connectivity index (χ1v) is 11.1. The summed E-state index contributed by atoms with van der Waals surface area (Å²) in [5, 5.41) is 14.3. The Morgan fingerprint density at radius 1 is 1.20 bits per heavy atom. The molecule has 3 atom stereocenters. The van der Waals surface area contributed by atoms with E-state index in [9.17, 15) is 14.3 Å². The Bertz CT molecular complexity index is 900. The lowest BCUT2D eigenvalue weighted by atomic mass is 9.89. The summed E-state index contributed by atoms with van der Waals surface area (Å²) in [6.45, 7) is 5.09. The molecule has 0 heterocycles. The van der Waals surface area contributed by atoms with Crippen LogP contribution in [0.5, 0.6) is 5.75 Å². The minimum atomic E-state index is -0.890. The fourth-order valence-corrected chi connectivity index (χ4v) is 4.03. The lowest BCUT2D eigenvalue weighted by Crippen LogP contribution is -2.49. The molecule has 2 N–H and O–H groups in total. The van der Waals surface area contributed by atoms with Crippen LogP contribution in [0.3, 0.4) is 0 Å². The van der Waals surface area contributed by atoms with Gasteiger partial charge in [-0.15, -0.1) is 0 Å². The normalized spacial score (nSPS) is 21.0. The minimum absolute atomic E-state index is 0.0610. The Morgan fingerprint density at radius 3 is 2.50 bits per heavy atom. The molecule has 0 unspecified atom stereocenters. The molecule has 0 fully saturated rings. The van der Waals surface area contributed by atoms with E-state index in [1.165, 1.54) is 12.1 Å². The molecular formula is C23H26FIN2O3. The Balaban J connectivity index is 1.89. The topological polar surface area (TPSA) is 61.8 Å². The zero-order valence-electron chi connectivity index (χ0n) is 17.0. The van der Waals surface area contributed by atoms with Gasteiger partial charge in [0.1, 0.15) is 23.8 Å². The van der Waals surface area contributed by atoms with Crippen LogP contribution in [-0.2, 0) is 4.79 Å². The first-order chi connectivity index (χ1) is 14.4. The van der Waals surface area contributed by atoms with E-state index in [1.54, 1.807) is 23.1 Å². The number of carbonyl (C=O) groups is 1. The summed E-state index contributed by atoms with van der Waals surface area (Å²) < 4.78 is 20.3. The first-order valence-electron chi connectivity index (χ1n) is 10.0. The van der Waals surface area contributed by atoms with Gasteiger partial charge in [-0.1, -0.05) is 12.1 Å². The standard InChI is InChI=1S/C23H26FIN2O3/c1-3-27(4-2)23(29)15-13-19(26-17-11-9-16(24)10-12-17)22(28)21(14-15)30-20-8-6-5-7-18(20)25/h5-12,14,19,21-22,26,28H,3-4,13H2,1-2H3/t19-,21+,22+/m1/s1. The summed E-state index contributed by atoms with van der Waals surface area (Å²) in [5.41, 5.74) is 1.27. The second kappa shape index (κ2) is 10.3. The maximum atomic E-state index is 13.3. The number of hydrogen-bond donors (Lipinski definition) is 2. The van der Waals surface area contributed by atoms with Crippen LogP contribution in [0, 0.1) is 9.39 Å². The van der Waals surface area contributed by atoms with Crippen molar-refractivity contribution < 1.29 is 19.0 Å². The van der Waals surface area contributed by atoms with Gasteiger partial charge < -0.3 is 20.1 Å². The summed E-state index contributed by atoms with van der Waals surface area (Å²) in [7, 11) is 0. The van der Waals surface area contributed by atoms with Crippen molar-refractivity contribution in [3.8, 4) is 5.75 Å². The van der Waals surface area contributed by atoms with Gasteiger partial charge in [0.2, 0.25) is 5.91 Å². The molecule has 7 heteroatoms. The molecule has 1 aliphatic carbocycles. The third kappa shape index (κ3) is 5.31. The second-order valence-corrected chi connectivity index (χ2v) is 8.30. The number of para-hydroxylation sites is 1. The van der Waals surface area contributed by atoms with Gasteiger partial charge in [-0.05, 0) is 78.9 Å². The number of hydrogen-bond acceptors (Lipinski definition) is 4. The van der Waals surface area contributed by atoms with Gasteiger partial charge in [0.15, 0.2) is 0 Å². The largest absolute Gasteiger partial charge is 0.482 e. The SMILES string of the molecule is CCN(CC)C(=O)C1=C[C@H](Oc2ccccc2I)[C@@H](O)[C@H](Nc2ccc(F)cc2)C1. The van der Waals surface area contributed by atoms with Crippen molar-refractivity contribution in [1.82, 2.24) is 4.90 Å². The van der Waals surface area contributed by atoms with Crippen molar-refractivity contribution in [3.63, 3.8) is 0 Å². The van der Waals surface area contributed by atoms with E-state index in [0.29, 0.717) is 36.5 Å². The molecule has 0 aromatic heterocycles. The van der Waals surface area contributed by atoms with E-state index in [0.717, 1.165) is 3.57 Å². The molecule has 2 aromatic rings. The number of nitrogens with one attached hydrogen (secondary N) is 1. The molecule has 160 valence electrons. The average Bonchev–Trinajstić information content (AvgIpc) is 2.74. The maximum absolute atomic E-state index is 13.3. The minimum Gasteiger partial charge on any atom is -0.482 e. The van der Waals surface area contributed by atoms with Crippen LogP contribution >= 0.6 is 22.6 Å². The fourth-order valence-electron chi connectivity index (χ4n) is 3.51. The Kier molecular flexibility index (Phi) is 7.71. The number of ether oxygens (including phenoxy) is 1. The number of rotatable bonds is 7. The highest BCUT2D eigenvalue weighted by Gasteiger charge is 2.36. The molecule has 3 rings (SSSR count). The molecule has 0 radical (unpaired) electrons. The van der Waals surface area contributed by atoms with Crippen LogP contribution in [0.2, 0.25) is 0 Å². The van der Waals surface area contributed by atoms with Crippen molar-refractivity contribution >= 4 is 34.2 Å². The number of aliphatic hydroxyl groups excluding tert-OH is 1. The number of benzene rings is 2. The molecule has 0 saturated carbocycles. The van der Waals surface area contributed by atoms with E-state index in [1.807, 2.05) is 38.1 Å². The number of amides is 1. The number of aliphatic hydroxyl groups is 1. The van der Waals surface area contributed by atoms with Gasteiger partial charge >= 0.3 is 0 Å². The molecular weight excluding hydrogens is 498 g/mol. The molecule has 0 bridgehead atoms. The Morgan fingerprint density at radius 2 is 1.87 bits per heavy atom. The van der Waals surface area contributed by atoms with Crippen molar-refractivity contribution in [2.45, 2.75) is 38.5 Å². The van der Waals surface area contributed by atoms with E-state index in [4.69, 9.17) is 4.74 Å². The Hall–Kier alpha value is -2.13. The number of halogens is 2. The quantitative estimate of drug-likeness (QED) is 0.533. The van der Waals surface area contributed by atoms with Crippen molar-refractivity contribution in [3.05, 3.63) is 69.6 Å². The van der Waals surface area contributed by atoms with Crippen LogP contribution in [-0.4, -0.2) is 47.3 Å². The maximum Gasteiger partial charge on any atom is 0.249 e. The van der Waals surface area contributed by atoms with Gasteiger partial charge in [-0.25, -0.2) is 4.39 Å². The van der Waals surface area contributed by atoms with Crippen LogP contribution in [0.25, 0.3) is 0 Å². The van der Waals surface area contributed by atoms with Crippen LogP contribution in [0.4, 0.5) is 10.1 Å². The van der Waals surface area contributed by atoms with E-state index in [2.05, 4.69) is 27.9 Å². The van der Waals surface area contributed by atoms with E-state index < -0.39 is 18.2 Å². The van der Waals surface area contributed by atoms with E-state index >= 15 is 0 Å². The fraction of sp³-hybridized carbons (Fsp3) is 0.348. The predicted molar refractivity (Wildman–Crippen MR) is 124 cm³/mol. The Labute approximate surface area is 190 Å². The molecule has 0 spiro atoms. The van der Waals surface area contributed by atoms with Crippen LogP contribution < -0.4 is 10.1 Å². The highest BCUT2D eigenvalue weighted by molar-refractivity contribution is 14.1. The van der Waals surface area contributed by atoms with Gasteiger partial charge in [0, 0.05) is 30.8 Å². The summed E-state index contributed by atoms with van der Waals surface area (Å²) in [6.07, 6.45) is 0.498. The lowest BCUT2D eigenvalue weighted by Gasteiger charge is -2.36. The number of likely N-dealkylation sites (N-methyl/N-ethyl adjacent to an activating group) is 1. The predicted octanol–water partition coefficient (Wildman–Crippen LogP) is 4.22. The molecule has 30 heavy (non-hydrogen) atoms. The van der Waals surface area contributed by atoms with Crippen LogP contribution in [0.15, 0.2) is 60.2 Å². The third-order valence-electron chi connectivity index (χ3n) is 5.18. The third-order valence-corrected chi connectivity index (χ3v) is 6.07. The number of nitrogens with zero attached hydrogens (tertiary/aromatic N) is 1. The summed E-state index contributed by atoms with van der Waals surface area (Å²) >= 11 is 2.18. The van der Waals surface area contributed by atoms with E-state index in [-0.39, 0.29) is 11.7 Å². The van der Waals surface area contributed by atoms with Crippen LogP contribution in [0.1, 0.15) is 20.3 Å². The van der Waals surface area contributed by atoms with Gasteiger partial charge in [0.05, 0.1) is 9.61 Å². The number of anilines is 1. The average molecular weight is 524 g/mol. The highest BCUT2D eigenvalue weighted by atomic mass is 127. The van der Waals surface area contributed by atoms with Gasteiger partial charge in [-0.2, -0.15) is 0 Å². The molecule has 5 nitrogen and oxygen atoms in total. The van der Waals surface area contributed by atoms with Crippen molar-refractivity contribution in [1.29, 1.82) is 0 Å². The van der Waals surface area contributed by atoms with Crippen molar-refractivity contribution in [2.75, 3.05) is 18.4 Å². The zero-order chi connectivity index (χ0) is 21.7. The molecule has 0 aliphatic heterocycles. The van der Waals surface area contributed by atoms with Gasteiger partial charge in [-0.3, -0.25) is 4.79 Å². The highest BCUT2D eigenvalue weighted by Crippen LogP contribution is 2.29. The smallest absolute Gasteiger partial charge is 0.249 e. The molecule has 1 amide bonds. The summed E-state index contributed by atoms with van der Waals surface area (Å²) in [5.74, 6) is 0.256. The summed E-state index contributed by atoms with van der Waals surface area (Å²) in [6, 6.07) is 13.0. The monoisotopic (exact) mass is 524 g/mol. The van der Waals surface area contributed by atoms with Gasteiger partial charge in [0.25, 0.3) is 0 Å².